The number of rotatable bonds is 5. The van der Waals surface area contributed by atoms with Gasteiger partial charge in [0.05, 0.1) is 5.60 Å². The molecule has 2 atom stereocenters. The van der Waals surface area contributed by atoms with Crippen LogP contribution in [0.1, 0.15) is 68.4 Å². The lowest BCUT2D eigenvalue weighted by molar-refractivity contribution is -0.141. The maximum absolute atomic E-state index is 13.2. The van der Waals surface area contributed by atoms with E-state index in [0.29, 0.717) is 12.8 Å². The van der Waals surface area contributed by atoms with Gasteiger partial charge in [-0.15, -0.1) is 0 Å². The van der Waals surface area contributed by atoms with Gasteiger partial charge in [0.15, 0.2) is 0 Å². The highest BCUT2D eigenvalue weighted by atomic mass is 19.4. The largest absolute Gasteiger partial charge is 0.448 e. The molecule has 3 aliphatic rings. The van der Waals surface area contributed by atoms with Crippen LogP contribution in [0.4, 0.5) is 18.0 Å². The number of benzene rings is 2. The molecule has 1 aliphatic carbocycles. The molecule has 2 saturated heterocycles. The Labute approximate surface area is 197 Å². The smallest absolute Gasteiger partial charge is 0.410 e. The van der Waals surface area contributed by atoms with Crippen molar-refractivity contribution < 1.29 is 27.8 Å². The molecule has 2 aromatic carbocycles. The lowest BCUT2D eigenvalue weighted by atomic mass is 9.73. The highest BCUT2D eigenvalue weighted by Gasteiger charge is 2.48. The third-order valence-electron chi connectivity index (χ3n) is 7.74. The maximum Gasteiger partial charge on any atom is 0.410 e. The summed E-state index contributed by atoms with van der Waals surface area (Å²) in [6.07, 6.45) is -2.42. The highest BCUT2D eigenvalue weighted by Crippen LogP contribution is 2.45. The van der Waals surface area contributed by atoms with Crippen molar-refractivity contribution in [2.75, 3.05) is 6.61 Å². The van der Waals surface area contributed by atoms with E-state index in [9.17, 15) is 23.1 Å². The van der Waals surface area contributed by atoms with Gasteiger partial charge in [0.1, 0.15) is 6.61 Å². The van der Waals surface area contributed by atoms with Gasteiger partial charge in [0.2, 0.25) is 0 Å². The third kappa shape index (κ3) is 4.54. The van der Waals surface area contributed by atoms with Crippen LogP contribution in [-0.2, 0) is 4.74 Å². The summed E-state index contributed by atoms with van der Waals surface area (Å²) in [4.78, 5) is 15.0. The Morgan fingerprint density at radius 3 is 2.12 bits per heavy atom. The van der Waals surface area contributed by atoms with Gasteiger partial charge >= 0.3 is 12.3 Å². The molecule has 2 aromatic rings. The van der Waals surface area contributed by atoms with Gasteiger partial charge in [-0.25, -0.2) is 4.79 Å². The zero-order valence-corrected chi connectivity index (χ0v) is 19.1. The lowest BCUT2D eigenvalue weighted by Crippen LogP contribution is -2.60. The molecular formula is C27H30F3NO3. The van der Waals surface area contributed by atoms with Gasteiger partial charge in [0.25, 0.3) is 0 Å². The minimum absolute atomic E-state index is 0.0275. The molecule has 0 saturated carbocycles. The zero-order chi connectivity index (χ0) is 23.9. The molecule has 1 amide bonds. The number of alkyl halides is 3. The second-order valence-corrected chi connectivity index (χ2v) is 10.1. The van der Waals surface area contributed by atoms with E-state index >= 15 is 0 Å². The van der Waals surface area contributed by atoms with Crippen molar-refractivity contribution in [3.8, 4) is 11.1 Å². The Hall–Kier alpha value is -2.54. The van der Waals surface area contributed by atoms with Crippen molar-refractivity contribution in [1.29, 1.82) is 0 Å². The Morgan fingerprint density at radius 2 is 1.56 bits per heavy atom. The van der Waals surface area contributed by atoms with Crippen LogP contribution in [0.15, 0.2) is 48.5 Å². The maximum atomic E-state index is 13.2. The zero-order valence-electron chi connectivity index (χ0n) is 19.1. The molecule has 2 bridgehead atoms. The minimum Gasteiger partial charge on any atom is -0.448 e. The number of piperidine rings is 2. The van der Waals surface area contributed by atoms with E-state index in [-0.39, 0.29) is 43.5 Å². The standard InChI is InChI=1S/C27H30F3NO3/c28-27(29,30)14-6-13-26(33)15-18-7-5-8-19(16-26)31(18)25(32)34-17-24-22-11-3-1-9-20(22)21-10-2-4-12-23(21)24/h1-4,9-12,18-19,24,33H,5-8,13-17H2. The minimum atomic E-state index is -4.21. The lowest BCUT2D eigenvalue weighted by Gasteiger charge is -2.51. The number of hydrogen-bond donors (Lipinski definition) is 1. The predicted molar refractivity (Wildman–Crippen MR) is 122 cm³/mol. The van der Waals surface area contributed by atoms with Crippen molar-refractivity contribution >= 4 is 6.09 Å². The van der Waals surface area contributed by atoms with Crippen LogP contribution in [0.25, 0.3) is 11.1 Å². The number of fused-ring (bicyclic) bond motifs is 5. The molecule has 0 spiro atoms. The molecule has 2 heterocycles. The van der Waals surface area contributed by atoms with Crippen LogP contribution >= 0.6 is 0 Å². The van der Waals surface area contributed by atoms with Crippen molar-refractivity contribution in [2.45, 2.75) is 81.1 Å². The Balaban J connectivity index is 1.25. The summed E-state index contributed by atoms with van der Waals surface area (Å²) >= 11 is 0. The third-order valence-corrected chi connectivity index (χ3v) is 7.74. The Morgan fingerprint density at radius 1 is 1.00 bits per heavy atom. The molecule has 2 aliphatic heterocycles. The van der Waals surface area contributed by atoms with Crippen LogP contribution in [-0.4, -0.2) is 46.6 Å². The number of hydrogen-bond acceptors (Lipinski definition) is 3. The van der Waals surface area contributed by atoms with Crippen LogP contribution < -0.4 is 0 Å². The van der Waals surface area contributed by atoms with E-state index < -0.39 is 18.2 Å². The summed E-state index contributed by atoms with van der Waals surface area (Å²) in [7, 11) is 0. The second kappa shape index (κ2) is 8.91. The topological polar surface area (TPSA) is 49.8 Å². The monoisotopic (exact) mass is 473 g/mol. The van der Waals surface area contributed by atoms with Crippen LogP contribution in [0, 0.1) is 0 Å². The summed E-state index contributed by atoms with van der Waals surface area (Å²) in [6, 6.07) is 15.9. The fraction of sp³-hybridized carbons (Fsp3) is 0.519. The summed E-state index contributed by atoms with van der Waals surface area (Å²) in [5.41, 5.74) is 3.47. The number of aliphatic hydroxyl groups is 1. The Bertz CT molecular complexity index is 994. The first-order valence-corrected chi connectivity index (χ1v) is 12.2. The molecule has 182 valence electrons. The first kappa shape index (κ1) is 23.2. The predicted octanol–water partition coefficient (Wildman–Crippen LogP) is 6.42. The van der Waals surface area contributed by atoms with Gasteiger partial charge in [-0.3, -0.25) is 0 Å². The van der Waals surface area contributed by atoms with E-state index in [1.54, 1.807) is 4.90 Å². The molecule has 5 rings (SSSR count). The van der Waals surface area contributed by atoms with Gasteiger partial charge < -0.3 is 14.7 Å². The second-order valence-electron chi connectivity index (χ2n) is 10.1. The first-order valence-electron chi connectivity index (χ1n) is 12.2. The van der Waals surface area contributed by atoms with E-state index in [2.05, 4.69) is 24.3 Å². The average molecular weight is 474 g/mol. The van der Waals surface area contributed by atoms with E-state index in [1.165, 1.54) is 0 Å². The highest BCUT2D eigenvalue weighted by molar-refractivity contribution is 5.79. The fourth-order valence-corrected chi connectivity index (χ4v) is 6.32. The van der Waals surface area contributed by atoms with Crippen molar-refractivity contribution in [1.82, 2.24) is 4.90 Å². The molecule has 1 N–H and O–H groups in total. The number of carbonyl (C=O) groups is 1. The van der Waals surface area contributed by atoms with E-state index in [4.69, 9.17) is 4.74 Å². The molecule has 2 fully saturated rings. The van der Waals surface area contributed by atoms with Gasteiger partial charge in [0, 0.05) is 24.4 Å². The normalized spacial score (nSPS) is 26.2. The van der Waals surface area contributed by atoms with Crippen LogP contribution in [0.3, 0.4) is 0 Å². The number of carbonyl (C=O) groups excluding carboxylic acids is 1. The molecule has 4 nitrogen and oxygen atoms in total. The summed E-state index contributed by atoms with van der Waals surface area (Å²) in [5, 5.41) is 11.0. The SMILES string of the molecule is O=C(OCC1c2ccccc2-c2ccccc21)N1C2CCCC1CC(O)(CCCC(F)(F)F)C2. The quantitative estimate of drug-likeness (QED) is 0.546. The average Bonchev–Trinajstić information content (AvgIpc) is 3.10. The van der Waals surface area contributed by atoms with Crippen LogP contribution in [0.2, 0.25) is 0 Å². The van der Waals surface area contributed by atoms with E-state index in [1.807, 2.05) is 24.3 Å². The van der Waals surface area contributed by atoms with Gasteiger partial charge in [-0.1, -0.05) is 48.5 Å². The Kier molecular flexibility index (Phi) is 6.09. The number of ether oxygens (including phenoxy) is 1. The van der Waals surface area contributed by atoms with Gasteiger partial charge in [-0.2, -0.15) is 13.2 Å². The summed E-state index contributed by atoms with van der Waals surface area (Å²) < 4.78 is 43.6. The molecule has 0 radical (unpaired) electrons. The molecule has 7 heteroatoms. The molecule has 0 aromatic heterocycles. The summed E-state index contributed by atoms with van der Waals surface area (Å²) in [5.74, 6) is -0.0275. The van der Waals surface area contributed by atoms with Gasteiger partial charge in [-0.05, 0) is 67.2 Å². The van der Waals surface area contributed by atoms with Crippen molar-refractivity contribution in [3.63, 3.8) is 0 Å². The van der Waals surface area contributed by atoms with E-state index in [0.717, 1.165) is 41.5 Å². The molecular weight excluding hydrogens is 443 g/mol. The number of nitrogens with zero attached hydrogens (tertiary/aromatic N) is 1. The first-order chi connectivity index (χ1) is 16.2. The molecule has 2 unspecified atom stereocenters. The fourth-order valence-electron chi connectivity index (χ4n) is 6.32. The van der Waals surface area contributed by atoms with Crippen molar-refractivity contribution in [3.05, 3.63) is 59.7 Å². The number of halogens is 3. The van der Waals surface area contributed by atoms with Crippen LogP contribution in [0.5, 0.6) is 0 Å². The number of amides is 1. The van der Waals surface area contributed by atoms with Crippen molar-refractivity contribution in [2.24, 2.45) is 0 Å². The summed E-state index contributed by atoms with van der Waals surface area (Å²) in [6.45, 7) is 0.235. The molecule has 34 heavy (non-hydrogen) atoms.